The minimum atomic E-state index is -3.98. The number of para-hydroxylation sites is 2. The Morgan fingerprint density at radius 2 is 0.812 bits per heavy atom. The molecule has 8 aromatic carbocycles. The van der Waals surface area contributed by atoms with E-state index in [1.807, 2.05) is 159 Å². The second-order valence-electron chi connectivity index (χ2n) is 21.8. The number of ether oxygens (including phenoxy) is 2. The number of nitrogens with zero attached hydrogens (tertiary/aromatic N) is 6. The first-order chi connectivity index (χ1) is 38.5. The SMILES string of the molecule is Cc1ccc(S(=O)(=O)N2[C@@H]3N(Cc4ccc(Cl)cc4)c4ccccc4[C@]3(C)O[C@@H]3c4ccccc4CCN32)cc1.Cc1ccc(S(=O)(=O)N2[C@H]3N(Cc4ccc(Cl)cc4)c4ccccc4[C@@]3(C)O[C@H]3c4ccccc4CCN32)cc1. The van der Waals surface area contributed by atoms with Crippen LogP contribution in [0.1, 0.15) is 81.9 Å². The topological polar surface area (TPSA) is 106 Å². The average Bonchev–Trinajstić information content (AvgIpc) is 4.05. The van der Waals surface area contributed by atoms with Gasteiger partial charge in [-0.1, -0.05) is 168 Å². The summed E-state index contributed by atoms with van der Waals surface area (Å²) in [5.74, 6) is 0. The average molecular weight is 1140 g/mol. The molecule has 0 bridgehead atoms. The van der Waals surface area contributed by atoms with Crippen LogP contribution in [0.4, 0.5) is 11.4 Å². The van der Waals surface area contributed by atoms with E-state index < -0.39 is 56.0 Å². The van der Waals surface area contributed by atoms with Crippen molar-refractivity contribution in [2.45, 2.75) is 99.4 Å². The number of anilines is 2. The highest BCUT2D eigenvalue weighted by Gasteiger charge is 2.64. The summed E-state index contributed by atoms with van der Waals surface area (Å²) in [5, 5.41) is 5.17. The summed E-state index contributed by atoms with van der Waals surface area (Å²) in [5.41, 5.74) is 10.4. The van der Waals surface area contributed by atoms with Crippen LogP contribution in [0.15, 0.2) is 204 Å². The molecule has 0 saturated carbocycles. The molecule has 0 aliphatic carbocycles. The molecule has 14 rings (SSSR count). The first-order valence-corrected chi connectivity index (χ1v) is 30.7. The van der Waals surface area contributed by atoms with Gasteiger partial charge in [0.2, 0.25) is 0 Å². The number of benzene rings is 8. The number of hydrogen-bond donors (Lipinski definition) is 0. The molecule has 0 amide bonds. The second-order valence-corrected chi connectivity index (χ2v) is 26.3. The van der Waals surface area contributed by atoms with Gasteiger partial charge in [-0.15, -0.1) is 8.83 Å². The van der Waals surface area contributed by atoms with Crippen molar-refractivity contribution in [3.05, 3.63) is 260 Å². The normalized spacial score (nSPS) is 24.2. The Morgan fingerprint density at radius 3 is 1.20 bits per heavy atom. The number of fused-ring (bicyclic) bond motifs is 12. The van der Waals surface area contributed by atoms with E-state index in [2.05, 4.69) is 58.3 Å². The summed E-state index contributed by atoms with van der Waals surface area (Å²) in [7, 11) is -7.95. The van der Waals surface area contributed by atoms with Crippen LogP contribution in [0, 0.1) is 13.8 Å². The zero-order chi connectivity index (χ0) is 55.3. The van der Waals surface area contributed by atoms with E-state index in [-0.39, 0.29) is 9.79 Å². The summed E-state index contributed by atoms with van der Waals surface area (Å²) in [4.78, 5) is 4.87. The molecule has 2 saturated heterocycles. The molecule has 0 spiro atoms. The third kappa shape index (κ3) is 8.78. The molecular weight excluding hydrogens is 1080 g/mol. The first kappa shape index (κ1) is 52.9. The zero-order valence-electron chi connectivity index (χ0n) is 44.7. The molecular formula is C64H60Cl2N6O6S2. The van der Waals surface area contributed by atoms with Crippen LogP contribution in [-0.2, 0) is 66.7 Å². The van der Waals surface area contributed by atoms with Gasteiger partial charge in [-0.2, -0.15) is 10.0 Å². The maximum atomic E-state index is 14.7. The molecule has 6 heterocycles. The van der Waals surface area contributed by atoms with E-state index in [0.717, 1.165) is 68.7 Å². The summed E-state index contributed by atoms with van der Waals surface area (Å²) in [6.07, 6.45) is -0.931. The fraction of sp³-hybridized carbons (Fsp3) is 0.250. The monoisotopic (exact) mass is 1140 g/mol. The third-order valence-electron chi connectivity index (χ3n) is 16.8. The van der Waals surface area contributed by atoms with Crippen molar-refractivity contribution in [2.24, 2.45) is 0 Å². The molecule has 6 aliphatic rings. The van der Waals surface area contributed by atoms with Crippen LogP contribution in [0.25, 0.3) is 0 Å². The predicted octanol–water partition coefficient (Wildman–Crippen LogP) is 12.8. The fourth-order valence-corrected chi connectivity index (χ4v) is 16.5. The molecule has 8 aromatic rings. The molecule has 2 fully saturated rings. The summed E-state index contributed by atoms with van der Waals surface area (Å²) in [6.45, 7) is 10.0. The Morgan fingerprint density at radius 1 is 0.463 bits per heavy atom. The Hall–Kier alpha value is -6.40. The van der Waals surface area contributed by atoms with Gasteiger partial charge in [0, 0.05) is 69.9 Å². The number of rotatable bonds is 8. The Labute approximate surface area is 478 Å². The molecule has 0 unspecified atom stereocenters. The minimum absolute atomic E-state index is 0.266. The van der Waals surface area contributed by atoms with Crippen molar-refractivity contribution >= 4 is 54.6 Å². The van der Waals surface area contributed by atoms with Crippen LogP contribution < -0.4 is 9.80 Å². The quantitative estimate of drug-likeness (QED) is 0.146. The first-order valence-electron chi connectivity index (χ1n) is 27.0. The fourth-order valence-electron chi connectivity index (χ4n) is 12.9. The second kappa shape index (κ2) is 20.2. The maximum Gasteiger partial charge on any atom is 0.258 e. The molecule has 0 aromatic heterocycles. The molecule has 12 nitrogen and oxygen atoms in total. The number of hydrogen-bond acceptors (Lipinski definition) is 10. The third-order valence-corrected chi connectivity index (χ3v) is 20.8. The van der Waals surface area contributed by atoms with Crippen LogP contribution in [0.3, 0.4) is 0 Å². The van der Waals surface area contributed by atoms with Gasteiger partial charge in [-0.25, -0.2) is 16.8 Å². The molecule has 0 N–H and O–H groups in total. The number of halogens is 2. The number of hydrazine groups is 2. The van der Waals surface area contributed by atoms with E-state index in [0.29, 0.717) is 36.2 Å². The van der Waals surface area contributed by atoms with Crippen LogP contribution in [0.5, 0.6) is 0 Å². The van der Waals surface area contributed by atoms with Gasteiger partial charge in [0.15, 0.2) is 12.5 Å². The standard InChI is InChI=1S/2C32H30ClN3O3S/c2*1-22-11-17-26(18-12-22)40(37,38)36-31-32(2,39-30-27-8-4-3-7-24(27)19-20-35(30)36)28-9-5-6-10-29(28)34(31)21-23-13-15-25(33)16-14-23/h2*3-18,30-31H,19-21H2,1-2H3/t2*30-,31+,32+/m10/s1. The van der Waals surface area contributed by atoms with E-state index in [9.17, 15) is 16.8 Å². The highest BCUT2D eigenvalue weighted by atomic mass is 35.5. The van der Waals surface area contributed by atoms with E-state index in [4.69, 9.17) is 32.7 Å². The largest absolute Gasteiger partial charge is 0.346 e. The van der Waals surface area contributed by atoms with Gasteiger partial charge in [-0.05, 0) is 123 Å². The Bertz CT molecular complexity index is 3640. The highest BCUT2D eigenvalue weighted by molar-refractivity contribution is 7.89. The van der Waals surface area contributed by atoms with Crippen LogP contribution >= 0.6 is 23.2 Å². The predicted molar refractivity (Wildman–Crippen MR) is 312 cm³/mol. The Balaban J connectivity index is 0.000000151. The lowest BCUT2D eigenvalue weighted by Gasteiger charge is -2.56. The summed E-state index contributed by atoms with van der Waals surface area (Å²) in [6, 6.07) is 62.3. The van der Waals surface area contributed by atoms with Crippen LogP contribution in [-0.4, -0.2) is 61.1 Å². The van der Waals surface area contributed by atoms with Crippen molar-refractivity contribution in [2.75, 3.05) is 22.9 Å². The molecule has 16 heteroatoms. The molecule has 6 aliphatic heterocycles. The smallest absolute Gasteiger partial charge is 0.258 e. The minimum Gasteiger partial charge on any atom is -0.346 e. The van der Waals surface area contributed by atoms with Gasteiger partial charge in [0.05, 0.1) is 9.79 Å². The van der Waals surface area contributed by atoms with Crippen molar-refractivity contribution in [3.8, 4) is 0 Å². The van der Waals surface area contributed by atoms with Crippen molar-refractivity contribution in [3.63, 3.8) is 0 Å². The van der Waals surface area contributed by atoms with Gasteiger partial charge >= 0.3 is 0 Å². The number of aryl methyl sites for hydroxylation is 2. The maximum absolute atomic E-state index is 14.7. The number of sulfonamides is 2. The molecule has 80 heavy (non-hydrogen) atoms. The van der Waals surface area contributed by atoms with Gasteiger partial charge in [0.1, 0.15) is 23.5 Å². The molecule has 0 radical (unpaired) electrons. The molecule has 6 atom stereocenters. The van der Waals surface area contributed by atoms with Crippen LogP contribution in [0.2, 0.25) is 10.0 Å². The van der Waals surface area contributed by atoms with Gasteiger partial charge in [-0.3, -0.25) is 0 Å². The van der Waals surface area contributed by atoms with Gasteiger partial charge in [0.25, 0.3) is 20.0 Å². The van der Waals surface area contributed by atoms with Gasteiger partial charge < -0.3 is 19.3 Å². The van der Waals surface area contributed by atoms with E-state index >= 15 is 0 Å². The lowest BCUT2D eigenvalue weighted by molar-refractivity contribution is -0.282. The Kier molecular flexibility index (Phi) is 13.4. The van der Waals surface area contributed by atoms with E-state index in [1.165, 1.54) is 11.1 Å². The summed E-state index contributed by atoms with van der Waals surface area (Å²) < 4.78 is 76.3. The van der Waals surface area contributed by atoms with Crippen molar-refractivity contribution in [1.82, 2.24) is 18.8 Å². The lowest BCUT2D eigenvalue weighted by Crippen LogP contribution is -2.69. The highest BCUT2D eigenvalue weighted by Crippen LogP contribution is 2.58. The zero-order valence-corrected chi connectivity index (χ0v) is 47.9. The lowest BCUT2D eigenvalue weighted by atomic mass is 9.92. The van der Waals surface area contributed by atoms with Crippen molar-refractivity contribution in [1.29, 1.82) is 0 Å². The van der Waals surface area contributed by atoms with E-state index in [1.54, 1.807) is 33.1 Å². The summed E-state index contributed by atoms with van der Waals surface area (Å²) >= 11 is 12.4. The van der Waals surface area contributed by atoms with Crippen molar-refractivity contribution < 1.29 is 26.3 Å². The molecule has 408 valence electrons.